The van der Waals surface area contributed by atoms with E-state index in [1.165, 1.54) is 11.3 Å². The van der Waals surface area contributed by atoms with Crippen LogP contribution in [-0.4, -0.2) is 74.3 Å². The van der Waals surface area contributed by atoms with E-state index in [1.54, 1.807) is 0 Å². The van der Waals surface area contributed by atoms with Crippen LogP contribution >= 0.6 is 12.4 Å². The zero-order valence-electron chi connectivity index (χ0n) is 15.2. The van der Waals surface area contributed by atoms with Gasteiger partial charge in [0.1, 0.15) is 5.82 Å². The minimum Gasteiger partial charge on any atom is -0.357 e. The second-order valence-corrected chi connectivity index (χ2v) is 6.49. The minimum absolute atomic E-state index is 0. The van der Waals surface area contributed by atoms with Crippen LogP contribution in [0, 0.1) is 0 Å². The average molecular weight is 355 g/mol. The molecule has 0 aliphatic carbocycles. The Morgan fingerprint density at radius 3 is 2.33 bits per heavy atom. The summed E-state index contributed by atoms with van der Waals surface area (Å²) in [5.41, 5.74) is 2.61. The second-order valence-electron chi connectivity index (χ2n) is 6.49. The fourth-order valence-corrected chi connectivity index (χ4v) is 3.45. The molecule has 1 saturated heterocycles. The molecule has 2 aliphatic heterocycles. The van der Waals surface area contributed by atoms with Crippen LogP contribution < -0.4 is 15.1 Å². The van der Waals surface area contributed by atoms with Crippen LogP contribution in [0.1, 0.15) is 25.1 Å². The number of nitrogens with one attached hydrogen (secondary N) is 1. The molecule has 0 amide bonds. The number of hydrogen-bond acceptors (Lipinski definition) is 6. The highest BCUT2D eigenvalue weighted by Gasteiger charge is 2.23. The Morgan fingerprint density at radius 2 is 1.67 bits per heavy atom. The van der Waals surface area contributed by atoms with E-state index in [-0.39, 0.29) is 12.4 Å². The van der Waals surface area contributed by atoms with Gasteiger partial charge in [0.05, 0.1) is 5.69 Å². The first-order chi connectivity index (χ1) is 11.2. The normalized spacial score (nSPS) is 18.5. The quantitative estimate of drug-likeness (QED) is 0.876. The highest BCUT2D eigenvalue weighted by atomic mass is 35.5. The lowest BCUT2D eigenvalue weighted by atomic mass is 10.1. The summed E-state index contributed by atoms with van der Waals surface area (Å²) < 4.78 is 0. The van der Waals surface area contributed by atoms with Crippen LogP contribution in [0.3, 0.4) is 0 Å². The van der Waals surface area contributed by atoms with E-state index in [0.717, 1.165) is 77.0 Å². The van der Waals surface area contributed by atoms with Crippen molar-refractivity contribution < 1.29 is 0 Å². The van der Waals surface area contributed by atoms with Gasteiger partial charge >= 0.3 is 0 Å². The SMILES string of the molecule is CCN(CC)c1nc(N2CCN(C)CC2)nc2c1CCNCC2.Cl. The molecule has 7 heteroatoms. The molecule has 1 aromatic heterocycles. The number of nitrogens with zero attached hydrogens (tertiary/aromatic N) is 5. The van der Waals surface area contributed by atoms with Gasteiger partial charge in [-0.15, -0.1) is 12.4 Å². The van der Waals surface area contributed by atoms with Crippen LogP contribution in [0.25, 0.3) is 0 Å². The lowest BCUT2D eigenvalue weighted by molar-refractivity contribution is 0.311. The van der Waals surface area contributed by atoms with Gasteiger partial charge in [0.25, 0.3) is 0 Å². The maximum Gasteiger partial charge on any atom is 0.227 e. The number of fused-ring (bicyclic) bond motifs is 1. The third-order valence-electron chi connectivity index (χ3n) is 5.00. The van der Waals surface area contributed by atoms with Crippen molar-refractivity contribution in [3.63, 3.8) is 0 Å². The van der Waals surface area contributed by atoms with E-state index in [4.69, 9.17) is 9.97 Å². The van der Waals surface area contributed by atoms with E-state index >= 15 is 0 Å². The maximum atomic E-state index is 5.01. The highest BCUT2D eigenvalue weighted by molar-refractivity contribution is 5.85. The summed E-state index contributed by atoms with van der Waals surface area (Å²) in [6.07, 6.45) is 2.04. The van der Waals surface area contributed by atoms with Crippen LogP contribution in [0.4, 0.5) is 11.8 Å². The zero-order chi connectivity index (χ0) is 16.2. The molecule has 136 valence electrons. The number of anilines is 2. The molecule has 0 radical (unpaired) electrons. The summed E-state index contributed by atoms with van der Waals surface area (Å²) in [5.74, 6) is 2.10. The Morgan fingerprint density at radius 1 is 1.00 bits per heavy atom. The molecule has 6 nitrogen and oxygen atoms in total. The number of halogens is 1. The molecule has 0 aromatic carbocycles. The molecule has 2 aliphatic rings. The molecule has 24 heavy (non-hydrogen) atoms. The summed E-state index contributed by atoms with van der Waals surface area (Å²) >= 11 is 0. The molecule has 1 N–H and O–H groups in total. The molecule has 0 bridgehead atoms. The fraction of sp³-hybridized carbons (Fsp3) is 0.765. The van der Waals surface area contributed by atoms with Crippen molar-refractivity contribution in [3.8, 4) is 0 Å². The summed E-state index contributed by atoms with van der Waals surface area (Å²) in [6.45, 7) is 12.7. The Bertz CT molecular complexity index is 526. The highest BCUT2D eigenvalue weighted by Crippen LogP contribution is 2.26. The largest absolute Gasteiger partial charge is 0.357 e. The van der Waals surface area contributed by atoms with Gasteiger partial charge in [0, 0.05) is 57.8 Å². The third kappa shape index (κ3) is 4.10. The Kier molecular flexibility index (Phi) is 7.07. The predicted molar refractivity (Wildman–Crippen MR) is 103 cm³/mol. The first-order valence-corrected chi connectivity index (χ1v) is 9.01. The van der Waals surface area contributed by atoms with Gasteiger partial charge in [-0.05, 0) is 33.9 Å². The smallest absolute Gasteiger partial charge is 0.227 e. The van der Waals surface area contributed by atoms with Gasteiger partial charge in [0.15, 0.2) is 0 Å². The molecule has 1 fully saturated rings. The van der Waals surface area contributed by atoms with Crippen LogP contribution in [-0.2, 0) is 12.8 Å². The van der Waals surface area contributed by atoms with Gasteiger partial charge in [0.2, 0.25) is 5.95 Å². The Labute approximate surface area is 152 Å². The van der Waals surface area contributed by atoms with E-state index < -0.39 is 0 Å². The molecular formula is C17H31ClN6. The minimum atomic E-state index is 0. The fourth-order valence-electron chi connectivity index (χ4n) is 3.45. The predicted octanol–water partition coefficient (Wildman–Crippen LogP) is 1.18. The third-order valence-corrected chi connectivity index (χ3v) is 5.00. The number of likely N-dealkylation sites (N-methyl/N-ethyl adjacent to an activating group) is 1. The summed E-state index contributed by atoms with van der Waals surface area (Å²) in [5, 5.41) is 3.49. The van der Waals surface area contributed by atoms with Crippen LogP contribution in [0.5, 0.6) is 0 Å². The molecular weight excluding hydrogens is 324 g/mol. The van der Waals surface area contributed by atoms with E-state index in [0.29, 0.717) is 0 Å². The molecule has 0 atom stereocenters. The average Bonchev–Trinajstić information content (AvgIpc) is 2.82. The first kappa shape index (κ1) is 19.2. The van der Waals surface area contributed by atoms with Crippen molar-refractivity contribution in [2.75, 3.05) is 69.2 Å². The topological polar surface area (TPSA) is 47.5 Å². The molecule has 0 saturated carbocycles. The molecule has 3 rings (SSSR count). The van der Waals surface area contributed by atoms with Crippen molar-refractivity contribution in [2.45, 2.75) is 26.7 Å². The number of aromatic nitrogens is 2. The molecule has 0 unspecified atom stereocenters. The summed E-state index contributed by atoms with van der Waals surface area (Å²) in [6, 6.07) is 0. The van der Waals surface area contributed by atoms with Crippen molar-refractivity contribution in [3.05, 3.63) is 11.3 Å². The van der Waals surface area contributed by atoms with Crippen LogP contribution in [0.2, 0.25) is 0 Å². The van der Waals surface area contributed by atoms with E-state index in [1.807, 2.05) is 0 Å². The van der Waals surface area contributed by atoms with Gasteiger partial charge in [-0.3, -0.25) is 0 Å². The first-order valence-electron chi connectivity index (χ1n) is 9.01. The number of piperazine rings is 1. The number of hydrogen-bond donors (Lipinski definition) is 1. The molecule has 0 spiro atoms. The Hall–Kier alpha value is -1.11. The van der Waals surface area contributed by atoms with Crippen molar-refractivity contribution in [1.82, 2.24) is 20.2 Å². The lowest BCUT2D eigenvalue weighted by Crippen LogP contribution is -2.45. The van der Waals surface area contributed by atoms with Gasteiger partial charge < -0.3 is 20.0 Å². The summed E-state index contributed by atoms with van der Waals surface area (Å²) in [4.78, 5) is 17.1. The molecule has 3 heterocycles. The van der Waals surface area contributed by atoms with Gasteiger partial charge in [-0.2, -0.15) is 4.98 Å². The number of rotatable bonds is 4. The van der Waals surface area contributed by atoms with E-state index in [2.05, 4.69) is 40.9 Å². The standard InChI is InChI=1S/C17H30N6.ClH/c1-4-22(5-2)16-14-6-8-18-9-7-15(14)19-17(20-16)23-12-10-21(3)11-13-23;/h18H,4-13H2,1-3H3;1H. The molecule has 1 aromatic rings. The Balaban J connectivity index is 0.00000208. The maximum absolute atomic E-state index is 5.01. The van der Waals surface area contributed by atoms with E-state index in [9.17, 15) is 0 Å². The van der Waals surface area contributed by atoms with Crippen molar-refractivity contribution >= 4 is 24.2 Å². The summed E-state index contributed by atoms with van der Waals surface area (Å²) in [7, 11) is 2.18. The van der Waals surface area contributed by atoms with Crippen molar-refractivity contribution in [1.29, 1.82) is 0 Å². The van der Waals surface area contributed by atoms with Crippen molar-refractivity contribution in [2.24, 2.45) is 0 Å². The van der Waals surface area contributed by atoms with Gasteiger partial charge in [-0.25, -0.2) is 4.98 Å². The zero-order valence-corrected chi connectivity index (χ0v) is 16.0. The lowest BCUT2D eigenvalue weighted by Gasteiger charge is -2.33. The van der Waals surface area contributed by atoms with Crippen LogP contribution in [0.15, 0.2) is 0 Å². The monoisotopic (exact) mass is 354 g/mol. The van der Waals surface area contributed by atoms with Gasteiger partial charge in [-0.1, -0.05) is 0 Å². The second kappa shape index (κ2) is 8.83.